The minimum Gasteiger partial charge on any atom is -0.384 e. The van der Waals surface area contributed by atoms with Gasteiger partial charge in [0.2, 0.25) is 0 Å². The van der Waals surface area contributed by atoms with Crippen LogP contribution in [0, 0.1) is 44.9 Å². The topological polar surface area (TPSA) is 107 Å². The quantitative estimate of drug-likeness (QED) is 0.416. The predicted molar refractivity (Wildman–Crippen MR) is 104 cm³/mol. The zero-order valence-electron chi connectivity index (χ0n) is 14.6. The number of nitro groups is 2. The number of fused-ring (bicyclic) bond motifs is 3. The van der Waals surface area contributed by atoms with Crippen LogP contribution in [0.15, 0.2) is 42.5 Å². The third-order valence-corrected chi connectivity index (χ3v) is 4.53. The monoisotopic (exact) mass is 374 g/mol. The average molecular weight is 374 g/mol. The first kappa shape index (κ1) is 18.8. The third-order valence-electron chi connectivity index (χ3n) is 4.53. The molecule has 0 saturated carbocycles. The van der Waals surface area contributed by atoms with Gasteiger partial charge in [0.05, 0.1) is 9.85 Å². The summed E-state index contributed by atoms with van der Waals surface area (Å²) in [5.74, 6) is 4.74. The maximum atomic E-state index is 11.2. The lowest BCUT2D eigenvalue weighted by Gasteiger charge is -2.21. The molecule has 0 aliphatic heterocycles. The molecule has 0 spiro atoms. The molecule has 0 unspecified atom stereocenters. The average Bonchev–Trinajstić information content (AvgIpc) is 2.94. The van der Waals surface area contributed by atoms with Gasteiger partial charge < -0.3 is 5.11 Å². The second-order valence-corrected chi connectivity index (χ2v) is 6.40. The lowest BCUT2D eigenvalue weighted by molar-refractivity contribution is -0.385. The summed E-state index contributed by atoms with van der Waals surface area (Å²) in [6.07, 6.45) is 12.0. The van der Waals surface area contributed by atoms with Crippen LogP contribution in [0.2, 0.25) is 0 Å². The standard InChI is InChI=1S/C21H14N2O5/c1-3-9-21(24,10-4-2)13-20-18-11-14(22(25)26)5-7-16(18)17-8-6-15(23(27)28)12-19(17)20/h1-2,5-8,11-13,24H,9-10H2. The van der Waals surface area contributed by atoms with Crippen molar-refractivity contribution in [2.24, 2.45) is 0 Å². The zero-order valence-corrected chi connectivity index (χ0v) is 14.6. The van der Waals surface area contributed by atoms with Gasteiger partial charge in [-0.1, -0.05) is 0 Å². The number of benzene rings is 2. The second-order valence-electron chi connectivity index (χ2n) is 6.40. The van der Waals surface area contributed by atoms with Crippen molar-refractivity contribution in [2.45, 2.75) is 18.4 Å². The van der Waals surface area contributed by atoms with E-state index < -0.39 is 15.4 Å². The van der Waals surface area contributed by atoms with Crippen molar-refractivity contribution in [1.82, 2.24) is 0 Å². The molecule has 28 heavy (non-hydrogen) atoms. The molecular formula is C21H14N2O5. The molecular weight excluding hydrogens is 360 g/mol. The van der Waals surface area contributed by atoms with Crippen molar-refractivity contribution in [3.05, 3.63) is 73.8 Å². The van der Waals surface area contributed by atoms with Crippen molar-refractivity contribution in [1.29, 1.82) is 0 Å². The van der Waals surface area contributed by atoms with E-state index in [1.807, 2.05) is 0 Å². The molecule has 1 aliphatic carbocycles. The summed E-state index contributed by atoms with van der Waals surface area (Å²) < 4.78 is 0. The maximum Gasteiger partial charge on any atom is 0.270 e. The van der Waals surface area contributed by atoms with Gasteiger partial charge in [0, 0.05) is 37.1 Å². The normalized spacial score (nSPS) is 11.8. The molecule has 0 aromatic heterocycles. The van der Waals surface area contributed by atoms with E-state index in [-0.39, 0.29) is 24.2 Å². The Bertz CT molecular complexity index is 1040. The highest BCUT2D eigenvalue weighted by Crippen LogP contribution is 2.47. The van der Waals surface area contributed by atoms with Crippen molar-refractivity contribution in [3.8, 4) is 35.8 Å². The summed E-state index contributed by atoms with van der Waals surface area (Å²) in [5.41, 5.74) is 0.914. The molecule has 0 saturated heterocycles. The molecule has 0 radical (unpaired) electrons. The highest BCUT2D eigenvalue weighted by molar-refractivity contribution is 6.02. The van der Waals surface area contributed by atoms with Gasteiger partial charge in [-0.25, -0.2) is 0 Å². The Labute approximate surface area is 160 Å². The number of terminal acetylenes is 2. The molecule has 0 amide bonds. The van der Waals surface area contributed by atoms with E-state index in [0.29, 0.717) is 27.8 Å². The van der Waals surface area contributed by atoms with Crippen molar-refractivity contribution in [3.63, 3.8) is 0 Å². The molecule has 0 bridgehead atoms. The molecule has 7 heteroatoms. The van der Waals surface area contributed by atoms with E-state index in [9.17, 15) is 25.3 Å². The smallest absolute Gasteiger partial charge is 0.270 e. The van der Waals surface area contributed by atoms with Crippen LogP contribution in [-0.2, 0) is 0 Å². The Morgan fingerprint density at radius 1 is 0.893 bits per heavy atom. The van der Waals surface area contributed by atoms with E-state index in [0.717, 1.165) is 0 Å². The first-order chi connectivity index (χ1) is 13.3. The van der Waals surface area contributed by atoms with E-state index in [2.05, 4.69) is 11.8 Å². The Kier molecular flexibility index (Phi) is 4.70. The number of rotatable bonds is 5. The number of nitro benzene ring substituents is 2. The van der Waals surface area contributed by atoms with E-state index in [1.54, 1.807) is 12.1 Å². The number of hydrogen-bond donors (Lipinski definition) is 1. The lowest BCUT2D eigenvalue weighted by Crippen LogP contribution is -2.25. The summed E-state index contributed by atoms with van der Waals surface area (Å²) in [4.78, 5) is 21.4. The number of non-ortho nitro benzene ring substituents is 2. The van der Waals surface area contributed by atoms with Crippen LogP contribution < -0.4 is 0 Å². The van der Waals surface area contributed by atoms with Gasteiger partial charge in [0.1, 0.15) is 5.60 Å². The SMILES string of the molecule is C#CCC(O)(C=C1c2cc([N+](=O)[O-])ccc2-c2ccc([N+](=O)[O-])cc21)CC#C. The number of nitrogens with zero attached hydrogens (tertiary/aromatic N) is 2. The molecule has 1 N–H and O–H groups in total. The first-order valence-corrected chi connectivity index (χ1v) is 8.20. The summed E-state index contributed by atoms with van der Waals surface area (Å²) >= 11 is 0. The Morgan fingerprint density at radius 2 is 1.32 bits per heavy atom. The second kappa shape index (κ2) is 6.99. The summed E-state index contributed by atoms with van der Waals surface area (Å²) in [6, 6.07) is 8.64. The van der Waals surface area contributed by atoms with Crippen molar-refractivity contribution >= 4 is 16.9 Å². The summed E-state index contributed by atoms with van der Waals surface area (Å²) in [6.45, 7) is 0. The fourth-order valence-electron chi connectivity index (χ4n) is 3.29. The largest absolute Gasteiger partial charge is 0.384 e. The minimum atomic E-state index is -1.55. The minimum absolute atomic E-state index is 0.0742. The van der Waals surface area contributed by atoms with Gasteiger partial charge in [-0.15, -0.1) is 24.7 Å². The molecule has 138 valence electrons. The van der Waals surface area contributed by atoms with Crippen LogP contribution in [0.3, 0.4) is 0 Å². The van der Waals surface area contributed by atoms with Gasteiger partial charge in [0.15, 0.2) is 0 Å². The lowest BCUT2D eigenvalue weighted by atomic mass is 9.90. The molecule has 2 aromatic carbocycles. The van der Waals surface area contributed by atoms with Gasteiger partial charge in [0.25, 0.3) is 11.4 Å². The molecule has 3 rings (SSSR count). The Balaban J connectivity index is 2.31. The molecule has 1 aliphatic rings. The van der Waals surface area contributed by atoms with E-state index >= 15 is 0 Å². The van der Waals surface area contributed by atoms with Crippen LogP contribution in [0.4, 0.5) is 11.4 Å². The van der Waals surface area contributed by atoms with E-state index in [1.165, 1.54) is 30.3 Å². The highest BCUT2D eigenvalue weighted by Gasteiger charge is 2.31. The van der Waals surface area contributed by atoms with Gasteiger partial charge in [-0.05, 0) is 46.0 Å². The number of aliphatic hydroxyl groups is 1. The van der Waals surface area contributed by atoms with E-state index in [4.69, 9.17) is 12.8 Å². The maximum absolute atomic E-state index is 11.2. The molecule has 0 heterocycles. The first-order valence-electron chi connectivity index (χ1n) is 8.20. The highest BCUT2D eigenvalue weighted by atomic mass is 16.6. The molecule has 0 atom stereocenters. The summed E-state index contributed by atoms with van der Waals surface area (Å²) in [7, 11) is 0. The Hall–Kier alpha value is -3.94. The third kappa shape index (κ3) is 3.23. The van der Waals surface area contributed by atoms with Gasteiger partial charge in [-0.2, -0.15) is 0 Å². The van der Waals surface area contributed by atoms with Crippen molar-refractivity contribution in [2.75, 3.05) is 0 Å². The van der Waals surface area contributed by atoms with Gasteiger partial charge in [-0.3, -0.25) is 20.2 Å². The number of hydrogen-bond acceptors (Lipinski definition) is 5. The Morgan fingerprint density at radius 3 is 1.68 bits per heavy atom. The fraction of sp³-hybridized carbons (Fsp3) is 0.143. The van der Waals surface area contributed by atoms with Crippen molar-refractivity contribution < 1.29 is 15.0 Å². The van der Waals surface area contributed by atoms with Crippen LogP contribution in [0.5, 0.6) is 0 Å². The molecule has 7 nitrogen and oxygen atoms in total. The predicted octanol–water partition coefficient (Wildman–Crippen LogP) is 3.69. The molecule has 0 fully saturated rings. The van der Waals surface area contributed by atoms with Crippen LogP contribution >= 0.6 is 0 Å². The van der Waals surface area contributed by atoms with Crippen LogP contribution in [0.1, 0.15) is 24.0 Å². The molecule has 2 aromatic rings. The van der Waals surface area contributed by atoms with Gasteiger partial charge >= 0.3 is 0 Å². The zero-order chi connectivity index (χ0) is 20.5. The van der Waals surface area contributed by atoms with Crippen LogP contribution in [0.25, 0.3) is 16.7 Å². The van der Waals surface area contributed by atoms with Crippen LogP contribution in [-0.4, -0.2) is 20.6 Å². The fourth-order valence-corrected chi connectivity index (χ4v) is 3.29. The summed E-state index contributed by atoms with van der Waals surface area (Å²) in [5, 5.41) is 33.3.